The monoisotopic (exact) mass is 190 g/mol. The Bertz CT molecular complexity index is 393. The van der Waals surface area contributed by atoms with Crippen molar-refractivity contribution in [2.45, 2.75) is 0 Å². The van der Waals surface area contributed by atoms with Gasteiger partial charge in [0.05, 0.1) is 12.2 Å². The van der Waals surface area contributed by atoms with Crippen molar-refractivity contribution < 1.29 is 14.3 Å². The molecule has 72 valence electrons. The molecule has 0 saturated carbocycles. The summed E-state index contributed by atoms with van der Waals surface area (Å²) in [5.41, 5.74) is 1.43. The SMILES string of the molecule is COC/C=C1\C(=O)Oc2ccccc21. The highest BCUT2D eigenvalue weighted by atomic mass is 16.5. The van der Waals surface area contributed by atoms with Crippen LogP contribution in [0, 0.1) is 0 Å². The Morgan fingerprint density at radius 3 is 3.00 bits per heavy atom. The normalized spacial score (nSPS) is 16.9. The molecule has 0 fully saturated rings. The Hall–Kier alpha value is -1.61. The van der Waals surface area contributed by atoms with E-state index in [1.54, 1.807) is 19.3 Å². The number of benzene rings is 1. The van der Waals surface area contributed by atoms with Crippen LogP contribution >= 0.6 is 0 Å². The van der Waals surface area contributed by atoms with Gasteiger partial charge in [0.15, 0.2) is 0 Å². The van der Waals surface area contributed by atoms with Crippen molar-refractivity contribution in [3.05, 3.63) is 35.9 Å². The Balaban J connectivity index is 2.39. The minimum atomic E-state index is -0.303. The molecular formula is C11H10O3. The summed E-state index contributed by atoms with van der Waals surface area (Å²) in [6.07, 6.45) is 1.73. The second-order valence-corrected chi connectivity index (χ2v) is 2.96. The summed E-state index contributed by atoms with van der Waals surface area (Å²) >= 11 is 0. The van der Waals surface area contributed by atoms with Gasteiger partial charge in [-0.25, -0.2) is 4.79 Å². The number of hydrogen-bond donors (Lipinski definition) is 0. The lowest BCUT2D eigenvalue weighted by Gasteiger charge is -1.94. The van der Waals surface area contributed by atoms with Crippen LogP contribution in [0.1, 0.15) is 5.56 Å². The maximum absolute atomic E-state index is 11.4. The number of carbonyl (C=O) groups is 1. The lowest BCUT2D eigenvalue weighted by molar-refractivity contribution is -0.127. The first-order chi connectivity index (χ1) is 6.83. The molecule has 0 spiro atoms. The molecule has 0 unspecified atom stereocenters. The molecule has 0 radical (unpaired) electrons. The van der Waals surface area contributed by atoms with Crippen LogP contribution in [0.4, 0.5) is 0 Å². The molecule has 0 aromatic heterocycles. The number of fused-ring (bicyclic) bond motifs is 1. The molecular weight excluding hydrogens is 180 g/mol. The summed E-state index contributed by atoms with van der Waals surface area (Å²) in [7, 11) is 1.59. The van der Waals surface area contributed by atoms with E-state index < -0.39 is 0 Å². The fourth-order valence-electron chi connectivity index (χ4n) is 1.40. The molecule has 0 atom stereocenters. The smallest absolute Gasteiger partial charge is 0.344 e. The fourth-order valence-corrected chi connectivity index (χ4v) is 1.40. The Labute approximate surface area is 81.9 Å². The van der Waals surface area contributed by atoms with E-state index in [4.69, 9.17) is 9.47 Å². The van der Waals surface area contributed by atoms with Gasteiger partial charge in [0.2, 0.25) is 0 Å². The third-order valence-corrected chi connectivity index (χ3v) is 2.05. The van der Waals surface area contributed by atoms with Gasteiger partial charge in [-0.3, -0.25) is 0 Å². The maximum atomic E-state index is 11.4. The van der Waals surface area contributed by atoms with Gasteiger partial charge in [0.1, 0.15) is 5.75 Å². The first-order valence-corrected chi connectivity index (χ1v) is 4.33. The molecule has 3 nitrogen and oxygen atoms in total. The molecule has 0 aliphatic carbocycles. The van der Waals surface area contributed by atoms with Crippen molar-refractivity contribution in [2.75, 3.05) is 13.7 Å². The third kappa shape index (κ3) is 1.42. The van der Waals surface area contributed by atoms with E-state index >= 15 is 0 Å². The highest BCUT2D eigenvalue weighted by Gasteiger charge is 2.25. The summed E-state index contributed by atoms with van der Waals surface area (Å²) in [6.45, 7) is 0.415. The van der Waals surface area contributed by atoms with Crippen LogP contribution in [-0.2, 0) is 9.53 Å². The summed E-state index contributed by atoms with van der Waals surface area (Å²) in [6, 6.07) is 7.36. The van der Waals surface area contributed by atoms with Crippen molar-refractivity contribution in [1.82, 2.24) is 0 Å². The van der Waals surface area contributed by atoms with Crippen LogP contribution in [0.3, 0.4) is 0 Å². The van der Waals surface area contributed by atoms with E-state index in [1.165, 1.54) is 0 Å². The van der Waals surface area contributed by atoms with E-state index in [1.807, 2.05) is 18.2 Å². The van der Waals surface area contributed by atoms with Crippen LogP contribution < -0.4 is 4.74 Å². The van der Waals surface area contributed by atoms with E-state index in [0.717, 1.165) is 5.56 Å². The Morgan fingerprint density at radius 2 is 2.21 bits per heavy atom. The Kier molecular flexibility index (Phi) is 2.33. The Morgan fingerprint density at radius 1 is 1.43 bits per heavy atom. The summed E-state index contributed by atoms with van der Waals surface area (Å²) < 4.78 is 9.94. The largest absolute Gasteiger partial charge is 0.422 e. The zero-order valence-corrected chi connectivity index (χ0v) is 7.82. The lowest BCUT2D eigenvalue weighted by atomic mass is 10.1. The standard InChI is InChI=1S/C11H10O3/c1-13-7-6-9-8-4-2-3-5-10(8)14-11(9)12/h2-6H,7H2,1H3/b9-6-. The number of carbonyl (C=O) groups excluding carboxylic acids is 1. The highest BCUT2D eigenvalue weighted by molar-refractivity contribution is 6.21. The number of hydrogen-bond acceptors (Lipinski definition) is 3. The summed E-state index contributed by atoms with van der Waals surface area (Å²) in [5.74, 6) is 0.322. The minimum absolute atomic E-state index is 0.303. The molecule has 0 bridgehead atoms. The van der Waals surface area contributed by atoms with Crippen LogP contribution in [0.5, 0.6) is 5.75 Å². The number of rotatable bonds is 2. The summed E-state index contributed by atoms with van der Waals surface area (Å²) in [4.78, 5) is 11.4. The average Bonchev–Trinajstić information content (AvgIpc) is 2.51. The van der Waals surface area contributed by atoms with Crippen LogP contribution in [-0.4, -0.2) is 19.7 Å². The number of ether oxygens (including phenoxy) is 2. The number of methoxy groups -OCH3 is 1. The maximum Gasteiger partial charge on any atom is 0.344 e. The second-order valence-electron chi connectivity index (χ2n) is 2.96. The van der Waals surface area contributed by atoms with E-state index in [-0.39, 0.29) is 5.97 Å². The molecule has 1 aromatic carbocycles. The first kappa shape index (κ1) is 8.97. The van der Waals surface area contributed by atoms with E-state index in [9.17, 15) is 4.79 Å². The molecule has 14 heavy (non-hydrogen) atoms. The molecule has 0 N–H and O–H groups in total. The molecule has 1 aliphatic rings. The average molecular weight is 190 g/mol. The third-order valence-electron chi connectivity index (χ3n) is 2.05. The van der Waals surface area contributed by atoms with Crippen molar-refractivity contribution in [3.8, 4) is 5.75 Å². The predicted octanol–water partition coefficient (Wildman–Crippen LogP) is 1.64. The van der Waals surface area contributed by atoms with Gasteiger partial charge in [-0.1, -0.05) is 18.2 Å². The molecule has 1 heterocycles. The van der Waals surface area contributed by atoms with Crippen molar-refractivity contribution >= 4 is 11.5 Å². The van der Waals surface area contributed by atoms with Gasteiger partial charge in [-0.2, -0.15) is 0 Å². The minimum Gasteiger partial charge on any atom is -0.422 e. The molecule has 0 amide bonds. The number of esters is 1. The second kappa shape index (κ2) is 3.64. The first-order valence-electron chi connectivity index (χ1n) is 4.33. The van der Waals surface area contributed by atoms with Crippen LogP contribution in [0.2, 0.25) is 0 Å². The zero-order valence-electron chi connectivity index (χ0n) is 7.82. The molecule has 1 aromatic rings. The molecule has 3 heteroatoms. The van der Waals surface area contributed by atoms with Crippen molar-refractivity contribution in [1.29, 1.82) is 0 Å². The van der Waals surface area contributed by atoms with Crippen LogP contribution in [0.25, 0.3) is 5.57 Å². The van der Waals surface area contributed by atoms with Crippen LogP contribution in [0.15, 0.2) is 30.3 Å². The molecule has 1 aliphatic heterocycles. The van der Waals surface area contributed by atoms with Crippen molar-refractivity contribution in [3.63, 3.8) is 0 Å². The highest BCUT2D eigenvalue weighted by Crippen LogP contribution is 2.33. The fraction of sp³-hybridized carbons (Fsp3) is 0.182. The quantitative estimate of drug-likeness (QED) is 0.404. The van der Waals surface area contributed by atoms with E-state index in [2.05, 4.69) is 0 Å². The van der Waals surface area contributed by atoms with Gasteiger partial charge in [0.25, 0.3) is 0 Å². The van der Waals surface area contributed by atoms with Gasteiger partial charge in [-0.05, 0) is 12.1 Å². The molecule has 2 rings (SSSR count). The van der Waals surface area contributed by atoms with Gasteiger partial charge in [0, 0.05) is 12.7 Å². The molecule has 0 saturated heterocycles. The topological polar surface area (TPSA) is 35.5 Å². The van der Waals surface area contributed by atoms with Crippen molar-refractivity contribution in [2.24, 2.45) is 0 Å². The lowest BCUT2D eigenvalue weighted by Crippen LogP contribution is -2.01. The van der Waals surface area contributed by atoms with Gasteiger partial charge >= 0.3 is 5.97 Å². The zero-order chi connectivity index (χ0) is 9.97. The predicted molar refractivity (Wildman–Crippen MR) is 51.9 cm³/mol. The number of para-hydroxylation sites is 1. The van der Waals surface area contributed by atoms with E-state index in [0.29, 0.717) is 17.9 Å². The van der Waals surface area contributed by atoms with Gasteiger partial charge < -0.3 is 9.47 Å². The summed E-state index contributed by atoms with van der Waals surface area (Å²) in [5, 5.41) is 0. The van der Waals surface area contributed by atoms with Gasteiger partial charge in [-0.15, -0.1) is 0 Å².